The number of halogens is 1. The van der Waals surface area contributed by atoms with E-state index in [4.69, 9.17) is 16.3 Å². The molecule has 0 aliphatic rings. The van der Waals surface area contributed by atoms with E-state index in [1.165, 1.54) is 6.92 Å². The van der Waals surface area contributed by atoms with Crippen LogP contribution in [0.1, 0.15) is 31.1 Å². The number of non-ortho nitro benzene ring substituents is 1. The minimum absolute atomic E-state index is 0.131. The number of benzene rings is 1. The van der Waals surface area contributed by atoms with Crippen molar-refractivity contribution in [1.82, 2.24) is 10.6 Å². The Balaban J connectivity index is 2.71. The number of urea groups is 1. The first-order valence-corrected chi connectivity index (χ1v) is 7.26. The van der Waals surface area contributed by atoms with Gasteiger partial charge in [-0.3, -0.25) is 20.2 Å². The molecule has 0 fully saturated rings. The van der Waals surface area contributed by atoms with Crippen molar-refractivity contribution in [3.8, 4) is 0 Å². The average molecular weight is 358 g/mol. The highest BCUT2D eigenvalue weighted by Gasteiger charge is 2.23. The topological polar surface area (TPSA) is 128 Å². The van der Waals surface area contributed by atoms with Crippen molar-refractivity contribution >= 4 is 35.2 Å². The van der Waals surface area contributed by atoms with Gasteiger partial charge in [-0.05, 0) is 26.8 Å². The molecule has 0 heterocycles. The number of esters is 1. The van der Waals surface area contributed by atoms with E-state index < -0.39 is 28.9 Å². The third kappa shape index (κ3) is 5.51. The summed E-state index contributed by atoms with van der Waals surface area (Å²) in [7, 11) is 0. The van der Waals surface area contributed by atoms with E-state index in [2.05, 4.69) is 5.32 Å². The molecule has 1 atom stereocenters. The normalized spacial score (nSPS) is 11.5. The molecule has 0 aromatic heterocycles. The number of nitro groups is 1. The number of hydrogen-bond donors (Lipinski definition) is 2. The highest BCUT2D eigenvalue weighted by Crippen LogP contribution is 2.23. The maximum Gasteiger partial charge on any atom is 0.340 e. The number of carbonyl (C=O) groups is 3. The molecular formula is C14H16ClN3O6. The molecule has 0 aliphatic heterocycles. The van der Waals surface area contributed by atoms with Crippen molar-refractivity contribution in [1.29, 1.82) is 0 Å². The van der Waals surface area contributed by atoms with E-state index in [1.54, 1.807) is 13.8 Å². The van der Waals surface area contributed by atoms with E-state index >= 15 is 0 Å². The highest BCUT2D eigenvalue weighted by atomic mass is 35.5. The van der Waals surface area contributed by atoms with Crippen LogP contribution >= 0.6 is 11.6 Å². The molecule has 9 nitrogen and oxygen atoms in total. The molecule has 1 aromatic rings. The third-order valence-electron chi connectivity index (χ3n) is 2.69. The van der Waals surface area contributed by atoms with Crippen molar-refractivity contribution in [3.05, 3.63) is 38.9 Å². The first-order valence-electron chi connectivity index (χ1n) is 6.88. The number of carbonyl (C=O) groups excluding carboxylic acids is 3. The second kappa shape index (κ2) is 8.25. The number of rotatable bonds is 5. The van der Waals surface area contributed by atoms with Crippen LogP contribution in [0.15, 0.2) is 18.2 Å². The number of nitro benzene ring substituents is 1. The zero-order chi connectivity index (χ0) is 18.4. The fourth-order valence-electron chi connectivity index (χ4n) is 1.57. The number of nitrogens with one attached hydrogen (secondary N) is 2. The lowest BCUT2D eigenvalue weighted by Crippen LogP contribution is -2.46. The minimum atomic E-state index is -1.26. The maximum atomic E-state index is 12.0. The highest BCUT2D eigenvalue weighted by molar-refractivity contribution is 6.33. The zero-order valence-electron chi connectivity index (χ0n) is 13.2. The summed E-state index contributed by atoms with van der Waals surface area (Å²) in [4.78, 5) is 45.1. The van der Waals surface area contributed by atoms with Gasteiger partial charge >= 0.3 is 12.0 Å². The third-order valence-corrected chi connectivity index (χ3v) is 3.01. The summed E-state index contributed by atoms with van der Waals surface area (Å²) in [6.07, 6.45) is -1.26. The first kappa shape index (κ1) is 19.4. The standard InChI is InChI=1S/C14H16ClN3O6/c1-7(2)16-14(21)17-12(19)8(3)24-13(20)10-5-4-9(18(22)23)6-11(10)15/h4-8H,1-3H3,(H2,16,17,19,21). The van der Waals surface area contributed by atoms with Gasteiger partial charge in [0.05, 0.1) is 15.5 Å². The Bertz CT molecular complexity index is 676. The Hall–Kier alpha value is -2.68. The van der Waals surface area contributed by atoms with Crippen LogP contribution in [0.25, 0.3) is 0 Å². The molecule has 0 bridgehead atoms. The molecule has 0 spiro atoms. The van der Waals surface area contributed by atoms with Crippen molar-refractivity contribution in [3.63, 3.8) is 0 Å². The van der Waals surface area contributed by atoms with Crippen LogP contribution in [0, 0.1) is 10.1 Å². The zero-order valence-corrected chi connectivity index (χ0v) is 13.9. The van der Waals surface area contributed by atoms with E-state index in [1.807, 2.05) is 5.32 Å². The van der Waals surface area contributed by atoms with Gasteiger partial charge in [-0.15, -0.1) is 0 Å². The van der Waals surface area contributed by atoms with Gasteiger partial charge < -0.3 is 10.1 Å². The maximum absolute atomic E-state index is 12.0. The van der Waals surface area contributed by atoms with E-state index in [0.29, 0.717) is 0 Å². The van der Waals surface area contributed by atoms with Gasteiger partial charge in [0.2, 0.25) is 0 Å². The number of ether oxygens (including phenoxy) is 1. The minimum Gasteiger partial charge on any atom is -0.449 e. The van der Waals surface area contributed by atoms with Crippen LogP contribution in [0.2, 0.25) is 5.02 Å². The number of amides is 3. The Morgan fingerprint density at radius 1 is 1.25 bits per heavy atom. The largest absolute Gasteiger partial charge is 0.449 e. The van der Waals surface area contributed by atoms with Crippen LogP contribution < -0.4 is 10.6 Å². The molecule has 1 unspecified atom stereocenters. The first-order chi connectivity index (χ1) is 11.1. The smallest absolute Gasteiger partial charge is 0.340 e. The quantitative estimate of drug-likeness (QED) is 0.471. The van der Waals surface area contributed by atoms with Crippen molar-refractivity contribution in [2.24, 2.45) is 0 Å². The lowest BCUT2D eigenvalue weighted by Gasteiger charge is -2.14. The molecule has 1 rings (SSSR count). The van der Waals surface area contributed by atoms with Crippen LogP contribution in [0.3, 0.4) is 0 Å². The fraction of sp³-hybridized carbons (Fsp3) is 0.357. The molecule has 3 amide bonds. The average Bonchev–Trinajstić information content (AvgIpc) is 2.45. The lowest BCUT2D eigenvalue weighted by atomic mass is 10.2. The molecule has 0 saturated carbocycles. The van der Waals surface area contributed by atoms with Crippen molar-refractivity contribution in [2.75, 3.05) is 0 Å². The summed E-state index contributed by atoms with van der Waals surface area (Å²) in [5, 5.41) is 14.9. The molecule has 2 N–H and O–H groups in total. The van der Waals surface area contributed by atoms with Crippen LogP contribution in [-0.2, 0) is 9.53 Å². The van der Waals surface area contributed by atoms with E-state index in [9.17, 15) is 24.5 Å². The van der Waals surface area contributed by atoms with Gasteiger partial charge in [0.25, 0.3) is 11.6 Å². The van der Waals surface area contributed by atoms with E-state index in [0.717, 1.165) is 18.2 Å². The molecule has 1 aromatic carbocycles. The van der Waals surface area contributed by atoms with Gasteiger partial charge in [0.15, 0.2) is 6.10 Å². The van der Waals surface area contributed by atoms with Crippen LogP contribution in [0.5, 0.6) is 0 Å². The monoisotopic (exact) mass is 357 g/mol. The molecule has 130 valence electrons. The van der Waals surface area contributed by atoms with Gasteiger partial charge in [-0.25, -0.2) is 9.59 Å². The predicted octanol–water partition coefficient (Wildman–Crippen LogP) is 2.03. The molecule has 0 radical (unpaired) electrons. The molecule has 24 heavy (non-hydrogen) atoms. The molecule has 10 heteroatoms. The molecule has 0 saturated heterocycles. The van der Waals surface area contributed by atoms with Gasteiger partial charge in [-0.2, -0.15) is 0 Å². The summed E-state index contributed by atoms with van der Waals surface area (Å²) in [6.45, 7) is 4.70. The Morgan fingerprint density at radius 2 is 1.88 bits per heavy atom. The van der Waals surface area contributed by atoms with Crippen molar-refractivity contribution < 1.29 is 24.0 Å². The van der Waals surface area contributed by atoms with Gasteiger partial charge in [0, 0.05) is 18.2 Å². The fourth-order valence-corrected chi connectivity index (χ4v) is 1.82. The van der Waals surface area contributed by atoms with Gasteiger partial charge in [-0.1, -0.05) is 11.6 Å². The van der Waals surface area contributed by atoms with Gasteiger partial charge in [0.1, 0.15) is 0 Å². The molecule has 0 aliphatic carbocycles. The summed E-state index contributed by atoms with van der Waals surface area (Å²) in [6, 6.07) is 2.32. The second-order valence-corrected chi connectivity index (χ2v) is 5.49. The number of nitrogens with zero attached hydrogens (tertiary/aromatic N) is 1. The summed E-state index contributed by atoms with van der Waals surface area (Å²) in [5.74, 6) is -1.76. The van der Waals surface area contributed by atoms with E-state index in [-0.39, 0.29) is 22.3 Å². The molecular weight excluding hydrogens is 342 g/mol. The number of imide groups is 1. The Labute approximate surface area is 142 Å². The predicted molar refractivity (Wildman–Crippen MR) is 84.8 cm³/mol. The Morgan fingerprint density at radius 3 is 2.38 bits per heavy atom. The van der Waals surface area contributed by atoms with Crippen LogP contribution in [-0.4, -0.2) is 35.0 Å². The SMILES string of the molecule is CC(C)NC(=O)NC(=O)C(C)OC(=O)c1ccc([N+](=O)[O-])cc1Cl. The van der Waals surface area contributed by atoms with Crippen LogP contribution in [0.4, 0.5) is 10.5 Å². The lowest BCUT2D eigenvalue weighted by molar-refractivity contribution is -0.384. The Kier molecular flexibility index (Phi) is 6.66. The second-order valence-electron chi connectivity index (χ2n) is 5.09. The summed E-state index contributed by atoms with van der Waals surface area (Å²) >= 11 is 5.80. The number of hydrogen-bond acceptors (Lipinski definition) is 6. The summed E-state index contributed by atoms with van der Waals surface area (Å²) in [5.41, 5.74) is -0.416. The summed E-state index contributed by atoms with van der Waals surface area (Å²) < 4.78 is 4.90. The van der Waals surface area contributed by atoms with Crippen molar-refractivity contribution in [2.45, 2.75) is 32.9 Å².